The Hall–Kier alpha value is -0.890. The molecule has 1 fully saturated rings. The lowest BCUT2D eigenvalue weighted by Gasteiger charge is -2.30. The summed E-state index contributed by atoms with van der Waals surface area (Å²) in [7, 11) is 0. The normalized spacial score (nSPS) is 27.2. The molecule has 1 aliphatic heterocycles. The number of hydrogen-bond acceptors (Lipinski definition) is 4. The van der Waals surface area contributed by atoms with E-state index in [9.17, 15) is 10.1 Å². The highest BCUT2D eigenvalue weighted by Crippen LogP contribution is 2.32. The fourth-order valence-electron chi connectivity index (χ4n) is 2.03. The Labute approximate surface area is 119 Å². The van der Waals surface area contributed by atoms with Crippen LogP contribution in [0.4, 0.5) is 11.4 Å². The van der Waals surface area contributed by atoms with Crippen LogP contribution in [0.3, 0.4) is 0 Å². The van der Waals surface area contributed by atoms with E-state index < -0.39 is 0 Å². The molecule has 1 N–H and O–H groups in total. The smallest absolute Gasteiger partial charge is 0.270 e. The summed E-state index contributed by atoms with van der Waals surface area (Å²) in [6, 6.07) is 4.86. The summed E-state index contributed by atoms with van der Waals surface area (Å²) in [5.41, 5.74) is 0.919. The zero-order valence-electron chi connectivity index (χ0n) is 10.3. The summed E-state index contributed by atoms with van der Waals surface area (Å²) in [4.78, 5) is 10.3. The summed E-state index contributed by atoms with van der Waals surface area (Å²) < 4.78 is 6.42. The summed E-state index contributed by atoms with van der Waals surface area (Å²) in [5.74, 6) is 0. The minimum atomic E-state index is -0.380. The van der Waals surface area contributed by atoms with Crippen molar-refractivity contribution in [3.05, 3.63) is 31.9 Å². The lowest BCUT2D eigenvalue weighted by atomic mass is 9.94. The monoisotopic (exact) mass is 362 g/mol. The Kier molecular flexibility index (Phi) is 3.76. The van der Waals surface area contributed by atoms with E-state index in [-0.39, 0.29) is 22.3 Å². The van der Waals surface area contributed by atoms with Crippen molar-refractivity contribution >= 4 is 34.0 Å². The van der Waals surface area contributed by atoms with Crippen molar-refractivity contribution < 1.29 is 9.66 Å². The van der Waals surface area contributed by atoms with Crippen LogP contribution in [-0.2, 0) is 4.74 Å². The zero-order valence-corrected chi connectivity index (χ0v) is 12.4. The summed E-state index contributed by atoms with van der Waals surface area (Å²) >= 11 is 2.11. The van der Waals surface area contributed by atoms with Gasteiger partial charge in [0.05, 0.1) is 16.6 Å². The molecule has 1 saturated heterocycles. The molecule has 0 amide bonds. The van der Waals surface area contributed by atoms with Gasteiger partial charge in [-0.2, -0.15) is 0 Å². The van der Waals surface area contributed by atoms with E-state index in [1.54, 1.807) is 12.1 Å². The molecule has 5 nitrogen and oxygen atoms in total. The van der Waals surface area contributed by atoms with Crippen LogP contribution < -0.4 is 5.32 Å². The van der Waals surface area contributed by atoms with Gasteiger partial charge in [0.25, 0.3) is 5.69 Å². The maximum atomic E-state index is 10.7. The molecule has 2 unspecified atom stereocenters. The molecule has 0 bridgehead atoms. The number of nitrogens with zero attached hydrogens (tertiary/aromatic N) is 1. The van der Waals surface area contributed by atoms with Gasteiger partial charge in [0.1, 0.15) is 0 Å². The summed E-state index contributed by atoms with van der Waals surface area (Å²) in [6.07, 6.45) is 1.06. The van der Waals surface area contributed by atoms with Crippen molar-refractivity contribution in [3.8, 4) is 0 Å². The molecule has 0 aliphatic carbocycles. The average Bonchev–Trinajstić information content (AvgIpc) is 2.62. The maximum Gasteiger partial charge on any atom is 0.270 e. The van der Waals surface area contributed by atoms with E-state index >= 15 is 0 Å². The maximum absolute atomic E-state index is 10.7. The molecule has 2 atom stereocenters. The molecule has 0 saturated carbocycles. The lowest BCUT2D eigenvalue weighted by molar-refractivity contribution is -0.384. The van der Waals surface area contributed by atoms with E-state index in [1.807, 2.05) is 6.92 Å². The Morgan fingerprint density at radius 3 is 2.83 bits per heavy atom. The summed E-state index contributed by atoms with van der Waals surface area (Å²) in [6.45, 7) is 4.90. The second-order valence-corrected chi connectivity index (χ2v) is 5.89. The van der Waals surface area contributed by atoms with Gasteiger partial charge in [-0.3, -0.25) is 10.1 Å². The molecule has 1 aromatic rings. The molecule has 1 aliphatic rings. The first-order valence-corrected chi connectivity index (χ1v) is 6.84. The Balaban J connectivity index is 2.22. The molecule has 1 heterocycles. The zero-order chi connectivity index (χ0) is 13.3. The fraction of sp³-hybridized carbons (Fsp3) is 0.500. The molecule has 0 spiro atoms. The highest BCUT2D eigenvalue weighted by Gasteiger charge is 2.37. The van der Waals surface area contributed by atoms with Gasteiger partial charge in [-0.05, 0) is 48.9 Å². The molecule has 0 aromatic heterocycles. The second-order valence-electron chi connectivity index (χ2n) is 4.73. The number of nitrogens with one attached hydrogen (secondary N) is 1. The third kappa shape index (κ3) is 2.59. The third-order valence-electron chi connectivity index (χ3n) is 3.47. The Morgan fingerprint density at radius 2 is 2.33 bits per heavy atom. The highest BCUT2D eigenvalue weighted by molar-refractivity contribution is 14.1. The number of ether oxygens (including phenoxy) is 1. The topological polar surface area (TPSA) is 64.4 Å². The number of non-ortho nitro benzene ring substituents is 1. The van der Waals surface area contributed by atoms with Crippen molar-refractivity contribution in [2.45, 2.75) is 31.9 Å². The molecular weight excluding hydrogens is 347 g/mol. The molecule has 6 heteroatoms. The van der Waals surface area contributed by atoms with Crippen LogP contribution in [0.25, 0.3) is 0 Å². The number of anilines is 1. The lowest BCUT2D eigenvalue weighted by Crippen LogP contribution is -2.41. The summed E-state index contributed by atoms with van der Waals surface area (Å²) in [5, 5.41) is 14.1. The van der Waals surface area contributed by atoms with Crippen molar-refractivity contribution in [1.82, 2.24) is 0 Å². The van der Waals surface area contributed by atoms with Gasteiger partial charge < -0.3 is 10.1 Å². The molecule has 2 rings (SSSR count). The van der Waals surface area contributed by atoms with Crippen molar-refractivity contribution in [1.29, 1.82) is 0 Å². The van der Waals surface area contributed by atoms with Gasteiger partial charge in [0.2, 0.25) is 0 Å². The van der Waals surface area contributed by atoms with E-state index in [0.29, 0.717) is 0 Å². The fourth-order valence-corrected chi connectivity index (χ4v) is 2.66. The number of benzene rings is 1. The van der Waals surface area contributed by atoms with Crippen LogP contribution in [0, 0.1) is 13.7 Å². The van der Waals surface area contributed by atoms with Crippen LogP contribution in [0.5, 0.6) is 0 Å². The SMILES string of the molecule is CC1OCCC1(C)Nc1ccc([N+](=O)[O-])cc1I. The minimum Gasteiger partial charge on any atom is -0.376 e. The Bertz CT molecular complexity index is 480. The van der Waals surface area contributed by atoms with Gasteiger partial charge in [-0.25, -0.2) is 0 Å². The first-order valence-electron chi connectivity index (χ1n) is 5.76. The second kappa shape index (κ2) is 5.00. The number of halogens is 1. The van der Waals surface area contributed by atoms with Crippen LogP contribution in [0.2, 0.25) is 0 Å². The van der Waals surface area contributed by atoms with Gasteiger partial charge in [-0.15, -0.1) is 0 Å². The molecular formula is C12H15IN2O3. The van der Waals surface area contributed by atoms with Crippen molar-refractivity contribution in [2.75, 3.05) is 11.9 Å². The van der Waals surface area contributed by atoms with Crippen molar-refractivity contribution in [3.63, 3.8) is 0 Å². The third-order valence-corrected chi connectivity index (χ3v) is 4.36. The standard InChI is InChI=1S/C12H15IN2O3/c1-8-12(2,5-6-18-8)14-11-4-3-9(15(16)17)7-10(11)13/h3-4,7-8,14H,5-6H2,1-2H3. The van der Waals surface area contributed by atoms with E-state index in [0.717, 1.165) is 22.3 Å². The molecule has 98 valence electrons. The van der Waals surface area contributed by atoms with E-state index in [2.05, 4.69) is 34.8 Å². The first-order chi connectivity index (χ1) is 8.42. The highest BCUT2D eigenvalue weighted by atomic mass is 127. The van der Waals surface area contributed by atoms with Gasteiger partial charge in [0, 0.05) is 28.0 Å². The quantitative estimate of drug-likeness (QED) is 0.510. The molecule has 0 radical (unpaired) electrons. The Morgan fingerprint density at radius 1 is 1.61 bits per heavy atom. The van der Waals surface area contributed by atoms with Crippen LogP contribution >= 0.6 is 22.6 Å². The molecule has 1 aromatic carbocycles. The predicted octanol–water partition coefficient (Wildman–Crippen LogP) is 3.18. The number of nitro groups is 1. The number of rotatable bonds is 3. The van der Waals surface area contributed by atoms with Crippen LogP contribution in [-0.4, -0.2) is 23.2 Å². The minimum absolute atomic E-state index is 0.115. The van der Waals surface area contributed by atoms with Crippen LogP contribution in [0.15, 0.2) is 18.2 Å². The number of nitro benzene ring substituents is 1. The van der Waals surface area contributed by atoms with E-state index in [4.69, 9.17) is 4.74 Å². The average molecular weight is 362 g/mol. The predicted molar refractivity (Wildman–Crippen MR) is 77.9 cm³/mol. The van der Waals surface area contributed by atoms with Gasteiger partial charge in [0.15, 0.2) is 0 Å². The van der Waals surface area contributed by atoms with Crippen molar-refractivity contribution in [2.24, 2.45) is 0 Å². The van der Waals surface area contributed by atoms with Gasteiger partial charge in [-0.1, -0.05) is 0 Å². The number of hydrogen-bond donors (Lipinski definition) is 1. The molecule has 18 heavy (non-hydrogen) atoms. The van der Waals surface area contributed by atoms with Crippen LogP contribution in [0.1, 0.15) is 20.3 Å². The van der Waals surface area contributed by atoms with E-state index in [1.165, 1.54) is 6.07 Å². The van der Waals surface area contributed by atoms with Gasteiger partial charge >= 0.3 is 0 Å². The largest absolute Gasteiger partial charge is 0.376 e. The first kappa shape index (κ1) is 13.5.